The lowest BCUT2D eigenvalue weighted by molar-refractivity contribution is -0.0250. The second-order valence-corrected chi connectivity index (χ2v) is 6.20. The minimum atomic E-state index is -1.05. The van der Waals surface area contributed by atoms with Crippen molar-refractivity contribution in [3.8, 4) is 0 Å². The van der Waals surface area contributed by atoms with Crippen molar-refractivity contribution in [1.29, 1.82) is 0 Å². The molecule has 5 heteroatoms. The predicted octanol–water partition coefficient (Wildman–Crippen LogP) is 1.53. The summed E-state index contributed by atoms with van der Waals surface area (Å²) in [7, 11) is 1.94. The van der Waals surface area contributed by atoms with Crippen LogP contribution in [0, 0.1) is 0 Å². The smallest absolute Gasteiger partial charge is 0.256 e. The number of hydrogen-bond donors (Lipinski definition) is 2. The van der Waals surface area contributed by atoms with Gasteiger partial charge < -0.3 is 19.7 Å². The molecule has 3 rings (SSSR count). The molecule has 0 spiro atoms. The molecule has 5 nitrogen and oxygen atoms in total. The third-order valence-electron chi connectivity index (χ3n) is 4.63. The number of amides is 1. The lowest BCUT2D eigenvalue weighted by Gasteiger charge is -2.24. The normalized spacial score (nSPS) is 22.8. The molecule has 1 aromatic carbocycles. The van der Waals surface area contributed by atoms with Crippen LogP contribution in [0.25, 0.3) is 10.9 Å². The summed E-state index contributed by atoms with van der Waals surface area (Å²) in [5.41, 5.74) is 0.688. The van der Waals surface area contributed by atoms with E-state index < -0.39 is 5.60 Å². The zero-order valence-corrected chi connectivity index (χ0v) is 12.8. The van der Waals surface area contributed by atoms with Crippen molar-refractivity contribution in [3.63, 3.8) is 0 Å². The Bertz CT molecular complexity index is 694. The molecular weight excluding hydrogens is 280 g/mol. The van der Waals surface area contributed by atoms with Gasteiger partial charge in [-0.05, 0) is 25.3 Å². The average Bonchev–Trinajstić information content (AvgIpc) is 2.74. The zero-order chi connectivity index (χ0) is 15.7. The first-order valence-electron chi connectivity index (χ1n) is 7.71. The van der Waals surface area contributed by atoms with E-state index in [-0.39, 0.29) is 12.5 Å². The zero-order valence-electron chi connectivity index (χ0n) is 12.8. The van der Waals surface area contributed by atoms with Crippen LogP contribution < -0.4 is 0 Å². The maximum atomic E-state index is 12.8. The topological polar surface area (TPSA) is 65.7 Å². The van der Waals surface area contributed by atoms with Gasteiger partial charge in [0.2, 0.25) is 0 Å². The number of carbonyl (C=O) groups excluding carboxylic acids is 1. The molecule has 2 heterocycles. The fourth-order valence-corrected chi connectivity index (χ4v) is 3.22. The molecule has 1 aliphatic rings. The molecule has 0 radical (unpaired) electrons. The van der Waals surface area contributed by atoms with Gasteiger partial charge in [-0.15, -0.1) is 0 Å². The summed E-state index contributed by atoms with van der Waals surface area (Å²) < 4.78 is 1.96. The summed E-state index contributed by atoms with van der Waals surface area (Å²) in [4.78, 5) is 14.6. The first-order valence-corrected chi connectivity index (χ1v) is 7.71. The Morgan fingerprint density at radius 1 is 1.27 bits per heavy atom. The number of para-hydroxylation sites is 1. The summed E-state index contributed by atoms with van der Waals surface area (Å²) in [6, 6.07) is 7.86. The molecule has 0 aliphatic carbocycles. The molecule has 1 amide bonds. The van der Waals surface area contributed by atoms with E-state index >= 15 is 0 Å². The van der Waals surface area contributed by atoms with Gasteiger partial charge in [0.25, 0.3) is 5.91 Å². The Kier molecular flexibility index (Phi) is 3.93. The monoisotopic (exact) mass is 302 g/mol. The summed E-state index contributed by atoms with van der Waals surface area (Å²) >= 11 is 0. The quantitative estimate of drug-likeness (QED) is 0.884. The van der Waals surface area contributed by atoms with Crippen LogP contribution in [0.2, 0.25) is 0 Å². The fourth-order valence-electron chi connectivity index (χ4n) is 3.22. The number of rotatable bonds is 2. The lowest BCUT2D eigenvalue weighted by atomic mass is 9.96. The number of likely N-dealkylation sites (tertiary alicyclic amines) is 1. The van der Waals surface area contributed by atoms with E-state index in [1.165, 1.54) is 0 Å². The minimum Gasteiger partial charge on any atom is -0.393 e. The molecule has 2 N–H and O–H groups in total. The van der Waals surface area contributed by atoms with Crippen LogP contribution in [0.1, 0.15) is 29.6 Å². The minimum absolute atomic E-state index is 0.000935. The molecule has 1 saturated heterocycles. The Morgan fingerprint density at radius 2 is 2.05 bits per heavy atom. The van der Waals surface area contributed by atoms with Gasteiger partial charge in [-0.1, -0.05) is 18.2 Å². The predicted molar refractivity (Wildman–Crippen MR) is 84.7 cm³/mol. The number of nitrogens with zero attached hydrogens (tertiary/aromatic N) is 2. The Balaban J connectivity index is 1.87. The van der Waals surface area contributed by atoms with Gasteiger partial charge in [0.1, 0.15) is 0 Å². The van der Waals surface area contributed by atoms with Crippen LogP contribution in [0.4, 0.5) is 0 Å². The van der Waals surface area contributed by atoms with E-state index in [0.29, 0.717) is 37.9 Å². The van der Waals surface area contributed by atoms with Gasteiger partial charge in [0.05, 0.1) is 17.8 Å². The molecule has 0 saturated carbocycles. The highest BCUT2D eigenvalue weighted by molar-refractivity contribution is 6.07. The number of aliphatic hydroxyl groups excluding tert-OH is 1. The number of benzene rings is 1. The molecule has 1 aliphatic heterocycles. The average molecular weight is 302 g/mol. The third-order valence-corrected chi connectivity index (χ3v) is 4.63. The Hall–Kier alpha value is -1.85. The van der Waals surface area contributed by atoms with Crippen LogP contribution in [0.5, 0.6) is 0 Å². The van der Waals surface area contributed by atoms with Crippen LogP contribution in [-0.4, -0.2) is 50.9 Å². The highest BCUT2D eigenvalue weighted by Crippen LogP contribution is 2.25. The first-order chi connectivity index (χ1) is 10.5. The molecular formula is C17H22N2O3. The fraction of sp³-hybridized carbons (Fsp3) is 0.471. The van der Waals surface area contributed by atoms with E-state index in [0.717, 1.165) is 10.9 Å². The standard InChI is InChI=1S/C17H22N2O3/c1-18-11-14(13-5-2-3-6-15(13)18)16(21)19-9-4-7-17(22,12-20)8-10-19/h2-3,5-6,11,20,22H,4,7-10,12H2,1H3/t17-/m0/s1. The van der Waals surface area contributed by atoms with E-state index in [4.69, 9.17) is 0 Å². The van der Waals surface area contributed by atoms with Crippen molar-refractivity contribution in [2.75, 3.05) is 19.7 Å². The van der Waals surface area contributed by atoms with Crippen LogP contribution in [0.15, 0.2) is 30.5 Å². The van der Waals surface area contributed by atoms with Gasteiger partial charge in [-0.2, -0.15) is 0 Å². The van der Waals surface area contributed by atoms with E-state index in [1.807, 2.05) is 42.1 Å². The van der Waals surface area contributed by atoms with Crippen molar-refractivity contribution in [2.45, 2.75) is 24.9 Å². The van der Waals surface area contributed by atoms with Crippen molar-refractivity contribution >= 4 is 16.8 Å². The largest absolute Gasteiger partial charge is 0.393 e. The molecule has 1 fully saturated rings. The van der Waals surface area contributed by atoms with Crippen molar-refractivity contribution in [3.05, 3.63) is 36.0 Å². The van der Waals surface area contributed by atoms with Gasteiger partial charge >= 0.3 is 0 Å². The number of carbonyl (C=O) groups is 1. The van der Waals surface area contributed by atoms with E-state index in [1.54, 1.807) is 4.90 Å². The number of aromatic nitrogens is 1. The van der Waals surface area contributed by atoms with E-state index in [9.17, 15) is 15.0 Å². The third kappa shape index (κ3) is 2.62. The molecule has 118 valence electrons. The van der Waals surface area contributed by atoms with Crippen LogP contribution in [0.3, 0.4) is 0 Å². The molecule has 0 bridgehead atoms. The van der Waals surface area contributed by atoms with Crippen molar-refractivity contribution in [1.82, 2.24) is 9.47 Å². The highest BCUT2D eigenvalue weighted by atomic mass is 16.3. The van der Waals surface area contributed by atoms with E-state index in [2.05, 4.69) is 0 Å². The SMILES string of the molecule is Cn1cc(C(=O)N2CCC[C@@](O)(CO)CC2)c2ccccc21. The lowest BCUT2D eigenvalue weighted by Crippen LogP contribution is -2.36. The van der Waals surface area contributed by atoms with Crippen LogP contribution in [-0.2, 0) is 7.05 Å². The first kappa shape index (κ1) is 15.1. The molecule has 0 unspecified atom stereocenters. The molecule has 22 heavy (non-hydrogen) atoms. The maximum Gasteiger partial charge on any atom is 0.256 e. The summed E-state index contributed by atoms with van der Waals surface area (Å²) in [6.45, 7) is 0.840. The number of aliphatic hydroxyl groups is 2. The second kappa shape index (κ2) is 5.74. The van der Waals surface area contributed by atoms with Gasteiger partial charge in [0, 0.05) is 37.2 Å². The molecule has 1 aromatic heterocycles. The van der Waals surface area contributed by atoms with Gasteiger partial charge in [-0.3, -0.25) is 4.79 Å². The highest BCUT2D eigenvalue weighted by Gasteiger charge is 2.31. The van der Waals surface area contributed by atoms with Crippen molar-refractivity contribution in [2.24, 2.45) is 7.05 Å². The number of aryl methyl sites for hydroxylation is 1. The summed E-state index contributed by atoms with van der Waals surface area (Å²) in [6.07, 6.45) is 3.52. The van der Waals surface area contributed by atoms with Crippen molar-refractivity contribution < 1.29 is 15.0 Å². The van der Waals surface area contributed by atoms with Gasteiger partial charge in [0.15, 0.2) is 0 Å². The molecule has 1 atom stereocenters. The van der Waals surface area contributed by atoms with Crippen LogP contribution >= 0.6 is 0 Å². The number of fused-ring (bicyclic) bond motifs is 1. The number of hydrogen-bond acceptors (Lipinski definition) is 3. The molecule has 2 aromatic rings. The summed E-state index contributed by atoms with van der Waals surface area (Å²) in [5, 5.41) is 20.5. The Morgan fingerprint density at radius 3 is 2.82 bits per heavy atom. The summed E-state index contributed by atoms with van der Waals surface area (Å²) in [5.74, 6) is -0.000935. The second-order valence-electron chi connectivity index (χ2n) is 6.20. The van der Waals surface area contributed by atoms with Gasteiger partial charge in [-0.25, -0.2) is 0 Å². The Labute approximate surface area is 129 Å². The maximum absolute atomic E-state index is 12.8.